The topological polar surface area (TPSA) is 51.6 Å². The first-order chi connectivity index (χ1) is 19.8. The van der Waals surface area contributed by atoms with Crippen molar-refractivity contribution in [3.8, 4) is 43.9 Å². The van der Waals surface area contributed by atoms with Crippen molar-refractivity contribution >= 4 is 55.0 Å². The summed E-state index contributed by atoms with van der Waals surface area (Å²) >= 11 is 3.21. The summed E-state index contributed by atoms with van der Waals surface area (Å²) in [6, 6.07) is 34.3. The van der Waals surface area contributed by atoms with Crippen molar-refractivity contribution < 1.29 is 0 Å². The lowest BCUT2D eigenvalue weighted by Gasteiger charge is -2.13. The van der Waals surface area contributed by atoms with Crippen LogP contribution >= 0.6 is 22.7 Å². The molecule has 0 radical (unpaired) electrons. The molecule has 0 unspecified atom stereocenters. The molecule has 188 valence electrons. The number of hydrogen-bond donors (Lipinski definition) is 0. The molecule has 0 aliphatic carbocycles. The molecule has 0 fully saturated rings. The Bertz CT molecular complexity index is 1990. The van der Waals surface area contributed by atoms with Gasteiger partial charge in [0, 0.05) is 34.3 Å². The normalized spacial score (nSPS) is 11.5. The summed E-state index contributed by atoms with van der Waals surface area (Å²) in [7, 11) is 0. The molecule has 6 heteroatoms. The first-order valence-corrected chi connectivity index (χ1v) is 14.7. The van der Waals surface area contributed by atoms with Gasteiger partial charge < -0.3 is 0 Å². The zero-order chi connectivity index (χ0) is 26.5. The van der Waals surface area contributed by atoms with E-state index in [2.05, 4.69) is 94.9 Å². The zero-order valence-corrected chi connectivity index (χ0v) is 22.8. The maximum absolute atomic E-state index is 4.94. The van der Waals surface area contributed by atoms with E-state index in [9.17, 15) is 0 Å². The van der Waals surface area contributed by atoms with Crippen molar-refractivity contribution in [3.63, 3.8) is 0 Å². The number of hydrogen-bond acceptors (Lipinski definition) is 6. The minimum absolute atomic E-state index is 0.899. The van der Waals surface area contributed by atoms with Crippen LogP contribution in [-0.4, -0.2) is 19.9 Å². The van der Waals surface area contributed by atoms with E-state index in [0.717, 1.165) is 43.9 Å². The molecule has 0 spiro atoms. The minimum Gasteiger partial charge on any atom is -0.245 e. The van der Waals surface area contributed by atoms with Crippen LogP contribution in [0.3, 0.4) is 0 Å². The third kappa shape index (κ3) is 3.88. The summed E-state index contributed by atoms with van der Waals surface area (Å²) in [5.74, 6) is 0. The Morgan fingerprint density at radius 1 is 0.400 bits per heavy atom. The summed E-state index contributed by atoms with van der Waals surface area (Å²) in [5.41, 5.74) is 5.87. The Hall–Kier alpha value is -4.78. The predicted molar refractivity (Wildman–Crippen MR) is 168 cm³/mol. The number of benzene rings is 4. The second-order valence-electron chi connectivity index (χ2n) is 9.56. The summed E-state index contributed by atoms with van der Waals surface area (Å²) in [6.07, 6.45) is 3.64. The van der Waals surface area contributed by atoms with E-state index in [0.29, 0.717) is 0 Å². The van der Waals surface area contributed by atoms with Crippen LogP contribution in [0, 0.1) is 0 Å². The molecule has 0 atom stereocenters. The lowest BCUT2D eigenvalue weighted by atomic mass is 9.91. The fourth-order valence-corrected chi connectivity index (χ4v) is 6.62. The number of thiazole rings is 2. The maximum atomic E-state index is 4.94. The Balaban J connectivity index is 1.30. The summed E-state index contributed by atoms with van der Waals surface area (Å²) < 4.78 is 0. The molecule has 0 saturated carbocycles. The second-order valence-corrected chi connectivity index (χ2v) is 11.3. The van der Waals surface area contributed by atoms with Crippen molar-refractivity contribution in [3.05, 3.63) is 120 Å². The smallest absolute Gasteiger partial charge is 0.141 e. The van der Waals surface area contributed by atoms with Gasteiger partial charge in [-0.05, 0) is 68.7 Å². The molecule has 4 nitrogen and oxygen atoms in total. The van der Waals surface area contributed by atoms with E-state index >= 15 is 0 Å². The van der Waals surface area contributed by atoms with E-state index in [4.69, 9.17) is 9.97 Å². The van der Waals surface area contributed by atoms with Crippen LogP contribution in [0.5, 0.6) is 0 Å². The van der Waals surface area contributed by atoms with Gasteiger partial charge in [0.1, 0.15) is 10.0 Å². The number of nitrogens with zero attached hydrogens (tertiary/aromatic N) is 4. The average molecular weight is 549 g/mol. The molecule has 8 rings (SSSR count). The van der Waals surface area contributed by atoms with Gasteiger partial charge in [-0.15, -0.1) is 22.7 Å². The third-order valence-corrected chi connectivity index (χ3v) is 8.82. The van der Waals surface area contributed by atoms with Crippen LogP contribution in [0.2, 0.25) is 0 Å². The number of aromatic nitrogens is 4. The lowest BCUT2D eigenvalue weighted by Crippen LogP contribution is -1.90. The van der Waals surface area contributed by atoms with E-state index in [1.54, 1.807) is 22.7 Å². The van der Waals surface area contributed by atoms with Crippen molar-refractivity contribution in [2.75, 3.05) is 0 Å². The summed E-state index contributed by atoms with van der Waals surface area (Å²) in [4.78, 5) is 18.8. The molecule has 8 aromatic rings. The van der Waals surface area contributed by atoms with Gasteiger partial charge in [0.25, 0.3) is 0 Å². The van der Waals surface area contributed by atoms with Gasteiger partial charge in [-0.25, -0.2) is 19.9 Å². The van der Waals surface area contributed by atoms with E-state index in [1.807, 2.05) is 35.3 Å². The van der Waals surface area contributed by atoms with Gasteiger partial charge >= 0.3 is 0 Å². The Labute approximate surface area is 238 Å². The molecule has 0 amide bonds. The van der Waals surface area contributed by atoms with Gasteiger partial charge in [0.2, 0.25) is 0 Å². The first kappa shape index (κ1) is 23.1. The molecule has 4 aromatic heterocycles. The highest BCUT2D eigenvalue weighted by Crippen LogP contribution is 2.39. The second kappa shape index (κ2) is 9.45. The van der Waals surface area contributed by atoms with Crippen molar-refractivity contribution in [2.24, 2.45) is 0 Å². The van der Waals surface area contributed by atoms with E-state index in [1.165, 1.54) is 32.3 Å². The SMILES string of the molecule is c1cc(-c2ccc3c4ccc(-c5cccc(-c6nccs6)n5)cc4c4ccccc4c3c2)nc(-c2nccs2)c1. The minimum atomic E-state index is 0.899. The number of rotatable bonds is 4. The molecule has 0 aliphatic rings. The Morgan fingerprint density at radius 2 is 0.850 bits per heavy atom. The van der Waals surface area contributed by atoms with E-state index < -0.39 is 0 Å². The van der Waals surface area contributed by atoms with Crippen LogP contribution in [0.4, 0.5) is 0 Å². The first-order valence-electron chi connectivity index (χ1n) is 12.9. The molecule has 40 heavy (non-hydrogen) atoms. The van der Waals surface area contributed by atoms with Crippen LogP contribution in [0.1, 0.15) is 0 Å². The quantitative estimate of drug-likeness (QED) is 0.206. The third-order valence-electron chi connectivity index (χ3n) is 7.23. The van der Waals surface area contributed by atoms with Crippen molar-refractivity contribution in [2.45, 2.75) is 0 Å². The highest BCUT2D eigenvalue weighted by molar-refractivity contribution is 7.13. The number of pyridine rings is 2. The monoisotopic (exact) mass is 548 g/mol. The van der Waals surface area contributed by atoms with Crippen molar-refractivity contribution in [1.82, 2.24) is 19.9 Å². The molecule has 0 N–H and O–H groups in total. The Morgan fingerprint density at radius 3 is 1.30 bits per heavy atom. The van der Waals surface area contributed by atoms with Crippen LogP contribution < -0.4 is 0 Å². The largest absolute Gasteiger partial charge is 0.245 e. The highest BCUT2D eigenvalue weighted by Gasteiger charge is 2.13. The fraction of sp³-hybridized carbons (Fsp3) is 0. The van der Waals surface area contributed by atoms with Gasteiger partial charge in [-0.2, -0.15) is 0 Å². The summed E-state index contributed by atoms with van der Waals surface area (Å²) in [5, 5.41) is 13.2. The van der Waals surface area contributed by atoms with Crippen LogP contribution in [-0.2, 0) is 0 Å². The summed E-state index contributed by atoms with van der Waals surface area (Å²) in [6.45, 7) is 0. The lowest BCUT2D eigenvalue weighted by molar-refractivity contribution is 1.29. The van der Waals surface area contributed by atoms with Gasteiger partial charge in [0.15, 0.2) is 0 Å². The van der Waals surface area contributed by atoms with Crippen molar-refractivity contribution in [1.29, 1.82) is 0 Å². The van der Waals surface area contributed by atoms with E-state index in [-0.39, 0.29) is 0 Å². The predicted octanol–water partition coefficient (Wildman–Crippen LogP) is 9.52. The maximum Gasteiger partial charge on any atom is 0.141 e. The molecule has 4 heterocycles. The molecular weight excluding hydrogens is 529 g/mol. The molecule has 0 saturated heterocycles. The van der Waals surface area contributed by atoms with Gasteiger partial charge in [0.05, 0.1) is 22.8 Å². The molecule has 0 aliphatic heterocycles. The Kier molecular flexibility index (Phi) is 5.47. The zero-order valence-electron chi connectivity index (χ0n) is 21.2. The molecular formula is C34H20N4S2. The fourth-order valence-electron chi connectivity index (χ4n) is 5.40. The standard InChI is InChI=1S/C34H20N4S2/c1-2-6-24-23(5-1)27-19-21(29-7-3-9-31(37-29)33-35-15-17-39-33)11-13-25(27)26-14-12-22(20-28(24)26)30-8-4-10-32(38-30)34-36-16-18-40-34/h1-20H. The average Bonchev–Trinajstić information content (AvgIpc) is 3.77. The highest BCUT2D eigenvalue weighted by atomic mass is 32.1. The molecule has 4 aromatic carbocycles. The van der Waals surface area contributed by atoms with Crippen LogP contribution in [0.25, 0.3) is 76.2 Å². The van der Waals surface area contributed by atoms with Crippen LogP contribution in [0.15, 0.2) is 120 Å². The van der Waals surface area contributed by atoms with Gasteiger partial charge in [-0.1, -0.05) is 60.7 Å². The molecule has 0 bridgehead atoms. The van der Waals surface area contributed by atoms with Gasteiger partial charge in [-0.3, -0.25) is 0 Å². The number of fused-ring (bicyclic) bond motifs is 6.